The fourth-order valence-corrected chi connectivity index (χ4v) is 9.12. The van der Waals surface area contributed by atoms with Crippen molar-refractivity contribution in [1.82, 2.24) is 0 Å². The van der Waals surface area contributed by atoms with Crippen LogP contribution < -0.4 is 0 Å². The average molecular weight is 455 g/mol. The van der Waals surface area contributed by atoms with Crippen LogP contribution in [0.3, 0.4) is 0 Å². The molecule has 3 heteroatoms. The molecule has 0 aromatic rings. The van der Waals surface area contributed by atoms with Crippen molar-refractivity contribution < 1.29 is 14.3 Å². The third kappa shape index (κ3) is 4.14. The van der Waals surface area contributed by atoms with E-state index in [2.05, 4.69) is 20.8 Å². The van der Waals surface area contributed by atoms with Crippen LogP contribution in [0.5, 0.6) is 0 Å². The molecule has 0 saturated heterocycles. The summed E-state index contributed by atoms with van der Waals surface area (Å²) in [5.74, 6) is 3.55. The van der Waals surface area contributed by atoms with E-state index in [-0.39, 0.29) is 28.8 Å². The van der Waals surface area contributed by atoms with E-state index >= 15 is 0 Å². The fraction of sp³-hybridized carbons (Fsp3) is 0.867. The number of allylic oxidation sites excluding steroid dienone is 1. The minimum absolute atomic E-state index is 0.115. The maximum Gasteiger partial charge on any atom is 0.309 e. The normalized spacial score (nSPS) is 44.9. The van der Waals surface area contributed by atoms with E-state index in [1.807, 2.05) is 6.08 Å². The zero-order chi connectivity index (χ0) is 23.2. The number of carbonyl (C=O) groups excluding carboxylic acids is 2. The molecule has 184 valence electrons. The number of carbonyl (C=O) groups is 2. The van der Waals surface area contributed by atoms with Gasteiger partial charge in [-0.2, -0.15) is 0 Å². The minimum Gasteiger partial charge on any atom is -0.462 e. The van der Waals surface area contributed by atoms with Gasteiger partial charge in [-0.15, -0.1) is 0 Å². The van der Waals surface area contributed by atoms with Gasteiger partial charge in [-0.05, 0) is 106 Å². The van der Waals surface area contributed by atoms with Crippen molar-refractivity contribution >= 4 is 11.8 Å². The predicted octanol–water partition coefficient (Wildman–Crippen LogP) is 7.43. The van der Waals surface area contributed by atoms with Gasteiger partial charge in [0.05, 0.1) is 5.92 Å². The molecule has 5 aliphatic carbocycles. The highest BCUT2D eigenvalue weighted by atomic mass is 16.5. The smallest absolute Gasteiger partial charge is 0.309 e. The van der Waals surface area contributed by atoms with Crippen molar-refractivity contribution in [3.05, 3.63) is 11.6 Å². The van der Waals surface area contributed by atoms with Gasteiger partial charge >= 0.3 is 5.97 Å². The van der Waals surface area contributed by atoms with Gasteiger partial charge in [0.25, 0.3) is 0 Å². The number of hydrogen-bond donors (Lipinski definition) is 0. The van der Waals surface area contributed by atoms with Gasteiger partial charge in [-0.3, -0.25) is 9.59 Å². The number of esters is 1. The number of ketones is 1. The molecule has 0 spiro atoms. The first-order valence-corrected chi connectivity index (χ1v) is 14.3. The van der Waals surface area contributed by atoms with E-state index in [9.17, 15) is 9.59 Å². The Bertz CT molecular complexity index is 790. The van der Waals surface area contributed by atoms with Crippen LogP contribution in [0, 0.1) is 40.4 Å². The Labute approximate surface area is 201 Å². The molecule has 0 N–H and O–H groups in total. The first kappa shape index (κ1) is 23.6. The molecule has 0 radical (unpaired) electrons. The SMILES string of the molecule is CCCCC1CCC(C(=O)O[C@H]2CCC3C4CCC5=CC(=O)CCC5(C)C4CCC32C)CC1. The summed E-state index contributed by atoms with van der Waals surface area (Å²) in [7, 11) is 0. The number of fused-ring (bicyclic) bond motifs is 5. The second kappa shape index (κ2) is 9.15. The Morgan fingerprint density at radius 3 is 2.52 bits per heavy atom. The highest BCUT2D eigenvalue weighted by Gasteiger charge is 2.60. The zero-order valence-electron chi connectivity index (χ0n) is 21.4. The molecule has 0 aliphatic heterocycles. The maximum atomic E-state index is 13.2. The van der Waals surface area contributed by atoms with Gasteiger partial charge in [0.15, 0.2) is 5.78 Å². The van der Waals surface area contributed by atoms with Crippen LogP contribution in [-0.4, -0.2) is 17.9 Å². The molecule has 4 saturated carbocycles. The second-order valence-electron chi connectivity index (χ2n) is 12.9. The van der Waals surface area contributed by atoms with Gasteiger partial charge in [0.2, 0.25) is 0 Å². The molecule has 5 aliphatic rings. The van der Waals surface area contributed by atoms with Crippen LogP contribution in [0.25, 0.3) is 0 Å². The summed E-state index contributed by atoms with van der Waals surface area (Å²) in [6.07, 6.45) is 19.3. The van der Waals surface area contributed by atoms with Crippen molar-refractivity contribution in [2.24, 2.45) is 40.4 Å². The molecule has 5 rings (SSSR count). The first-order chi connectivity index (χ1) is 15.8. The Hall–Kier alpha value is -1.12. The lowest BCUT2D eigenvalue weighted by atomic mass is 9.47. The third-order valence-electron chi connectivity index (χ3n) is 11.3. The second-order valence-corrected chi connectivity index (χ2v) is 12.9. The maximum absolute atomic E-state index is 13.2. The summed E-state index contributed by atoms with van der Waals surface area (Å²) in [6, 6.07) is 0. The Morgan fingerprint density at radius 2 is 1.76 bits per heavy atom. The lowest BCUT2D eigenvalue weighted by Gasteiger charge is -2.57. The molecule has 5 unspecified atom stereocenters. The Kier molecular flexibility index (Phi) is 6.55. The van der Waals surface area contributed by atoms with Crippen LogP contribution in [-0.2, 0) is 14.3 Å². The lowest BCUT2D eigenvalue weighted by Crippen LogP contribution is -2.51. The van der Waals surface area contributed by atoms with E-state index in [0.29, 0.717) is 17.6 Å². The largest absolute Gasteiger partial charge is 0.462 e. The van der Waals surface area contributed by atoms with Crippen LogP contribution in [0.2, 0.25) is 0 Å². The molecule has 0 heterocycles. The van der Waals surface area contributed by atoms with Crippen molar-refractivity contribution in [3.8, 4) is 0 Å². The van der Waals surface area contributed by atoms with Gasteiger partial charge in [-0.1, -0.05) is 45.6 Å². The third-order valence-corrected chi connectivity index (χ3v) is 11.3. The van der Waals surface area contributed by atoms with Crippen LogP contribution in [0.15, 0.2) is 11.6 Å². The van der Waals surface area contributed by atoms with Gasteiger partial charge in [-0.25, -0.2) is 0 Å². The lowest BCUT2D eigenvalue weighted by molar-refractivity contribution is -0.166. The molecule has 0 bridgehead atoms. The summed E-state index contributed by atoms with van der Waals surface area (Å²) in [5, 5.41) is 0. The molecular formula is C30H46O3. The van der Waals surface area contributed by atoms with Gasteiger partial charge in [0, 0.05) is 11.8 Å². The summed E-state index contributed by atoms with van der Waals surface area (Å²) in [4.78, 5) is 25.3. The van der Waals surface area contributed by atoms with Gasteiger partial charge in [0.1, 0.15) is 6.10 Å². The molecule has 6 atom stereocenters. The monoisotopic (exact) mass is 454 g/mol. The number of ether oxygens (including phenoxy) is 1. The van der Waals surface area contributed by atoms with Crippen molar-refractivity contribution in [2.45, 2.75) is 123 Å². The van der Waals surface area contributed by atoms with Crippen LogP contribution >= 0.6 is 0 Å². The molecule has 0 aromatic carbocycles. The standard InChI is InChI=1S/C30H46O3/c1-4-5-6-20-7-9-21(10-8-20)28(32)33-27-14-13-25-24-12-11-22-19-23(31)15-17-29(22,2)26(24)16-18-30(25,27)3/h19-21,24-27H,4-18H2,1-3H3/t20?,21?,24?,25?,26?,27-,29?,30?/m0/s1. The molecular weight excluding hydrogens is 408 g/mol. The predicted molar refractivity (Wildman–Crippen MR) is 132 cm³/mol. The van der Waals surface area contributed by atoms with E-state index in [4.69, 9.17) is 4.74 Å². The van der Waals surface area contributed by atoms with Crippen molar-refractivity contribution in [3.63, 3.8) is 0 Å². The molecule has 0 amide bonds. The van der Waals surface area contributed by atoms with E-state index in [1.54, 1.807) is 0 Å². The van der Waals surface area contributed by atoms with E-state index < -0.39 is 0 Å². The number of hydrogen-bond acceptors (Lipinski definition) is 3. The highest BCUT2D eigenvalue weighted by molar-refractivity contribution is 5.91. The van der Waals surface area contributed by atoms with Crippen molar-refractivity contribution in [1.29, 1.82) is 0 Å². The molecule has 3 nitrogen and oxygen atoms in total. The molecule has 0 aromatic heterocycles. The highest BCUT2D eigenvalue weighted by Crippen LogP contribution is 2.65. The average Bonchev–Trinajstić information content (AvgIpc) is 3.14. The van der Waals surface area contributed by atoms with E-state index in [1.165, 1.54) is 63.4 Å². The Balaban J connectivity index is 1.22. The van der Waals surface area contributed by atoms with E-state index in [0.717, 1.165) is 50.4 Å². The fourth-order valence-electron chi connectivity index (χ4n) is 9.12. The quantitative estimate of drug-likeness (QED) is 0.406. The summed E-state index contributed by atoms with van der Waals surface area (Å²) in [5.41, 5.74) is 1.82. The van der Waals surface area contributed by atoms with Crippen molar-refractivity contribution in [2.75, 3.05) is 0 Å². The number of unbranched alkanes of at least 4 members (excludes halogenated alkanes) is 1. The van der Waals surface area contributed by atoms with Crippen LogP contribution in [0.1, 0.15) is 117 Å². The summed E-state index contributed by atoms with van der Waals surface area (Å²) >= 11 is 0. The van der Waals surface area contributed by atoms with Crippen LogP contribution in [0.4, 0.5) is 0 Å². The molecule has 33 heavy (non-hydrogen) atoms. The first-order valence-electron chi connectivity index (χ1n) is 14.3. The topological polar surface area (TPSA) is 43.4 Å². The van der Waals surface area contributed by atoms with Gasteiger partial charge < -0.3 is 4.74 Å². The number of rotatable bonds is 5. The molecule has 4 fully saturated rings. The Morgan fingerprint density at radius 1 is 0.970 bits per heavy atom. The zero-order valence-corrected chi connectivity index (χ0v) is 21.4. The minimum atomic E-state index is 0.115. The summed E-state index contributed by atoms with van der Waals surface area (Å²) in [6.45, 7) is 7.16. The summed E-state index contributed by atoms with van der Waals surface area (Å²) < 4.78 is 6.37.